The van der Waals surface area contributed by atoms with Crippen LogP contribution in [0.5, 0.6) is 11.5 Å². The van der Waals surface area contributed by atoms with Crippen molar-refractivity contribution in [3.05, 3.63) is 66.0 Å². The maximum absolute atomic E-state index is 13.1. The minimum absolute atomic E-state index is 0.0968. The molecule has 0 spiro atoms. The van der Waals surface area contributed by atoms with Crippen molar-refractivity contribution in [3.8, 4) is 11.5 Å². The van der Waals surface area contributed by atoms with E-state index in [0.29, 0.717) is 29.2 Å². The van der Waals surface area contributed by atoms with Crippen LogP contribution in [0.25, 0.3) is 0 Å². The van der Waals surface area contributed by atoms with Gasteiger partial charge in [0.15, 0.2) is 11.5 Å². The van der Waals surface area contributed by atoms with Gasteiger partial charge in [0, 0.05) is 18.1 Å². The van der Waals surface area contributed by atoms with E-state index in [9.17, 15) is 14.4 Å². The highest BCUT2D eigenvalue weighted by Gasteiger charge is 2.40. The second-order valence-corrected chi connectivity index (χ2v) is 7.84. The predicted octanol–water partition coefficient (Wildman–Crippen LogP) is 2.06. The molecule has 2 aliphatic heterocycles. The quantitative estimate of drug-likeness (QED) is 0.597. The standard InChI is InChI=1S/C24H26N4O6/c1-32-20-9-6-16(12-21(20)33-2)18-13-19-23(30)27(10-11-28(19)26-18)14-22(29)25-17-7-4-15(5-8-17)24(31)34-3/h4-12,18-19,26H,13-14H2,1-3H3,(H,25,29). The van der Waals surface area contributed by atoms with Crippen LogP contribution in [0.1, 0.15) is 28.4 Å². The molecule has 34 heavy (non-hydrogen) atoms. The van der Waals surface area contributed by atoms with Gasteiger partial charge in [-0.3, -0.25) is 9.59 Å². The average Bonchev–Trinajstić information content (AvgIpc) is 3.30. The lowest BCUT2D eigenvalue weighted by molar-refractivity contribution is -0.137. The lowest BCUT2D eigenvalue weighted by Gasteiger charge is -2.31. The average molecular weight is 466 g/mol. The van der Waals surface area contributed by atoms with Crippen LogP contribution in [-0.2, 0) is 14.3 Å². The van der Waals surface area contributed by atoms with E-state index >= 15 is 0 Å². The highest BCUT2D eigenvalue weighted by atomic mass is 16.5. The number of methoxy groups -OCH3 is 3. The summed E-state index contributed by atoms with van der Waals surface area (Å²) in [6, 6.07) is 11.5. The number of fused-ring (bicyclic) bond motifs is 1. The molecule has 1 fully saturated rings. The fourth-order valence-corrected chi connectivity index (χ4v) is 4.02. The predicted molar refractivity (Wildman–Crippen MR) is 123 cm³/mol. The Hall–Kier alpha value is -4.05. The molecule has 2 aromatic carbocycles. The van der Waals surface area contributed by atoms with Gasteiger partial charge in [-0.2, -0.15) is 0 Å². The van der Waals surface area contributed by atoms with Crippen LogP contribution in [0.4, 0.5) is 5.69 Å². The first-order valence-electron chi connectivity index (χ1n) is 10.7. The number of hydrazine groups is 1. The molecular weight excluding hydrogens is 440 g/mol. The lowest BCUT2D eigenvalue weighted by Crippen LogP contribution is -2.49. The zero-order valence-electron chi connectivity index (χ0n) is 19.1. The number of amides is 2. The number of esters is 1. The van der Waals surface area contributed by atoms with Crippen molar-refractivity contribution in [1.82, 2.24) is 15.3 Å². The number of rotatable bonds is 7. The van der Waals surface area contributed by atoms with Gasteiger partial charge in [-0.1, -0.05) is 6.07 Å². The van der Waals surface area contributed by atoms with E-state index < -0.39 is 12.0 Å². The Balaban J connectivity index is 1.37. The molecule has 0 aliphatic carbocycles. The van der Waals surface area contributed by atoms with Gasteiger partial charge in [0.2, 0.25) is 5.91 Å². The van der Waals surface area contributed by atoms with Crippen molar-refractivity contribution in [1.29, 1.82) is 0 Å². The zero-order chi connectivity index (χ0) is 24.2. The molecule has 2 N–H and O–H groups in total. The summed E-state index contributed by atoms with van der Waals surface area (Å²) in [6.07, 6.45) is 3.87. The Morgan fingerprint density at radius 1 is 1.03 bits per heavy atom. The topological polar surface area (TPSA) is 109 Å². The number of carbonyl (C=O) groups is 3. The van der Waals surface area contributed by atoms with Gasteiger partial charge < -0.3 is 29.4 Å². The smallest absolute Gasteiger partial charge is 0.337 e. The van der Waals surface area contributed by atoms with E-state index in [1.807, 2.05) is 18.2 Å². The molecule has 0 saturated carbocycles. The van der Waals surface area contributed by atoms with Crippen LogP contribution in [0, 0.1) is 0 Å². The summed E-state index contributed by atoms with van der Waals surface area (Å²) in [7, 11) is 4.46. The third-order valence-corrected chi connectivity index (χ3v) is 5.79. The number of nitrogens with zero attached hydrogens (tertiary/aromatic N) is 2. The molecule has 2 amide bonds. The van der Waals surface area contributed by atoms with E-state index in [-0.39, 0.29) is 24.4 Å². The first-order valence-corrected chi connectivity index (χ1v) is 10.7. The van der Waals surface area contributed by atoms with E-state index in [1.165, 1.54) is 12.0 Å². The molecule has 2 atom stereocenters. The van der Waals surface area contributed by atoms with E-state index in [1.54, 1.807) is 55.9 Å². The van der Waals surface area contributed by atoms with Crippen LogP contribution in [0.3, 0.4) is 0 Å². The largest absolute Gasteiger partial charge is 0.493 e. The van der Waals surface area contributed by atoms with Gasteiger partial charge in [0.25, 0.3) is 5.91 Å². The number of carbonyl (C=O) groups excluding carboxylic acids is 3. The Labute approximate surface area is 197 Å². The monoisotopic (exact) mass is 466 g/mol. The highest BCUT2D eigenvalue weighted by Crippen LogP contribution is 2.35. The molecular formula is C24H26N4O6. The van der Waals surface area contributed by atoms with Crippen molar-refractivity contribution in [2.24, 2.45) is 0 Å². The van der Waals surface area contributed by atoms with Crippen LogP contribution >= 0.6 is 0 Å². The fraction of sp³-hybridized carbons (Fsp3) is 0.292. The maximum Gasteiger partial charge on any atom is 0.337 e. The fourth-order valence-electron chi connectivity index (χ4n) is 4.02. The molecule has 4 rings (SSSR count). The number of ether oxygens (including phenoxy) is 3. The second-order valence-electron chi connectivity index (χ2n) is 7.84. The van der Waals surface area contributed by atoms with Gasteiger partial charge in [-0.15, -0.1) is 0 Å². The normalized spacial score (nSPS) is 19.0. The summed E-state index contributed by atoms with van der Waals surface area (Å²) in [5.74, 6) is 0.276. The lowest BCUT2D eigenvalue weighted by atomic mass is 10.0. The van der Waals surface area contributed by atoms with E-state index in [0.717, 1.165) is 5.56 Å². The molecule has 10 heteroatoms. The molecule has 2 unspecified atom stereocenters. The van der Waals surface area contributed by atoms with Crippen LogP contribution in [0.2, 0.25) is 0 Å². The minimum atomic E-state index is -0.456. The molecule has 2 heterocycles. The highest BCUT2D eigenvalue weighted by molar-refractivity contribution is 5.96. The Kier molecular flexibility index (Phi) is 6.69. The molecule has 2 aliphatic rings. The first kappa shape index (κ1) is 23.1. The summed E-state index contributed by atoms with van der Waals surface area (Å²) >= 11 is 0. The first-order chi connectivity index (χ1) is 16.4. The van der Waals surface area contributed by atoms with Crippen LogP contribution in [-0.4, -0.2) is 61.6 Å². The summed E-state index contributed by atoms with van der Waals surface area (Å²) in [5, 5.41) is 4.51. The van der Waals surface area contributed by atoms with Gasteiger partial charge >= 0.3 is 5.97 Å². The number of benzene rings is 2. The van der Waals surface area contributed by atoms with Crippen molar-refractivity contribution in [2.45, 2.75) is 18.5 Å². The summed E-state index contributed by atoms with van der Waals surface area (Å²) in [5.41, 5.74) is 5.19. The summed E-state index contributed by atoms with van der Waals surface area (Å²) in [6.45, 7) is -0.126. The van der Waals surface area contributed by atoms with Gasteiger partial charge in [0.05, 0.1) is 32.9 Å². The van der Waals surface area contributed by atoms with Crippen LogP contribution < -0.4 is 20.2 Å². The van der Waals surface area contributed by atoms with Crippen LogP contribution in [0.15, 0.2) is 54.9 Å². The van der Waals surface area contributed by atoms with Crippen molar-refractivity contribution in [2.75, 3.05) is 33.2 Å². The molecule has 0 radical (unpaired) electrons. The molecule has 10 nitrogen and oxygen atoms in total. The van der Waals surface area contributed by atoms with Crippen molar-refractivity contribution in [3.63, 3.8) is 0 Å². The number of nitrogens with one attached hydrogen (secondary N) is 2. The molecule has 0 bridgehead atoms. The van der Waals surface area contributed by atoms with Gasteiger partial charge in [-0.25, -0.2) is 10.2 Å². The van der Waals surface area contributed by atoms with Gasteiger partial charge in [0.1, 0.15) is 12.6 Å². The van der Waals surface area contributed by atoms with Crippen molar-refractivity contribution < 1.29 is 28.6 Å². The molecule has 2 aromatic rings. The Morgan fingerprint density at radius 3 is 2.44 bits per heavy atom. The van der Waals surface area contributed by atoms with E-state index in [4.69, 9.17) is 9.47 Å². The maximum atomic E-state index is 13.1. The molecule has 0 aromatic heterocycles. The SMILES string of the molecule is COC(=O)c1ccc(NC(=O)CN2C=CN3NC(c4ccc(OC)c(OC)c4)CC3C2=O)cc1. The second kappa shape index (κ2) is 9.84. The molecule has 178 valence electrons. The number of hydrogen-bond acceptors (Lipinski definition) is 8. The Morgan fingerprint density at radius 2 is 1.76 bits per heavy atom. The van der Waals surface area contributed by atoms with Crippen molar-refractivity contribution >= 4 is 23.5 Å². The Bertz CT molecular complexity index is 1120. The van der Waals surface area contributed by atoms with Gasteiger partial charge in [-0.05, 0) is 48.4 Å². The number of hydrogen-bond donors (Lipinski definition) is 2. The minimum Gasteiger partial charge on any atom is -0.493 e. The third-order valence-electron chi connectivity index (χ3n) is 5.79. The third kappa shape index (κ3) is 4.67. The van der Waals surface area contributed by atoms with E-state index in [2.05, 4.69) is 15.5 Å². The number of anilines is 1. The summed E-state index contributed by atoms with van der Waals surface area (Å²) < 4.78 is 15.3. The summed E-state index contributed by atoms with van der Waals surface area (Å²) in [4.78, 5) is 38.5. The molecule has 1 saturated heterocycles. The zero-order valence-corrected chi connectivity index (χ0v) is 19.1.